The Morgan fingerprint density at radius 1 is 1.60 bits per heavy atom. The smallest absolute Gasteiger partial charge is 0.321 e. The summed E-state index contributed by atoms with van der Waals surface area (Å²) in [7, 11) is 0. The molecule has 0 aromatic rings. The molecule has 0 aromatic carbocycles. The number of hydrogen-bond acceptors (Lipinski definition) is 5. The highest BCUT2D eigenvalue weighted by Crippen LogP contribution is 1.86. The molecule has 0 saturated heterocycles. The van der Waals surface area contributed by atoms with Crippen molar-refractivity contribution in [1.82, 2.24) is 0 Å². The lowest BCUT2D eigenvalue weighted by Gasteiger charge is -1.99. The van der Waals surface area contributed by atoms with Crippen molar-refractivity contribution in [3.05, 3.63) is 0 Å². The number of nitrogens with zero attached hydrogens (tertiary/aromatic N) is 2. The minimum Gasteiger partial charge on any atom is -0.432 e. The Morgan fingerprint density at radius 2 is 2.10 bits per heavy atom. The van der Waals surface area contributed by atoms with Crippen molar-refractivity contribution in [2.24, 2.45) is 5.73 Å². The number of carbonyl (C=O) groups is 1. The van der Waals surface area contributed by atoms with Gasteiger partial charge in [-0.05, 0) is 0 Å². The second-order valence-electron chi connectivity index (χ2n) is 1.33. The summed E-state index contributed by atoms with van der Waals surface area (Å²) >= 11 is 0. The highest BCUT2D eigenvalue weighted by molar-refractivity contribution is 5.72. The monoisotopic (exact) mass is 139 g/mol. The molecule has 0 aliphatic rings. The zero-order valence-corrected chi connectivity index (χ0v) is 5.07. The summed E-state index contributed by atoms with van der Waals surface area (Å²) in [6.07, 6.45) is -1.34. The summed E-state index contributed by atoms with van der Waals surface area (Å²) in [5.74, 6) is -0.756. The van der Waals surface area contributed by atoms with Crippen molar-refractivity contribution in [2.75, 3.05) is 6.54 Å². The van der Waals surface area contributed by atoms with E-state index in [2.05, 4.69) is 4.74 Å². The third kappa shape index (κ3) is 2.65. The molecule has 0 fully saturated rings. The molecule has 0 bridgehead atoms. The lowest BCUT2D eigenvalue weighted by atomic mass is 10.4. The van der Waals surface area contributed by atoms with Gasteiger partial charge in [-0.3, -0.25) is 4.79 Å². The Balaban J connectivity index is 3.81. The van der Waals surface area contributed by atoms with Crippen LogP contribution < -0.4 is 5.73 Å². The Labute approximate surface area is 57.6 Å². The summed E-state index contributed by atoms with van der Waals surface area (Å²) in [6, 6.07) is 2.91. The Hall–Kier alpha value is -1.59. The van der Waals surface area contributed by atoms with Crippen molar-refractivity contribution in [3.63, 3.8) is 0 Å². The third-order valence-corrected chi connectivity index (χ3v) is 0.650. The number of rotatable bonds is 2. The third-order valence-electron chi connectivity index (χ3n) is 0.650. The van der Waals surface area contributed by atoms with Crippen molar-refractivity contribution < 1.29 is 9.53 Å². The topological polar surface area (TPSA) is 99.9 Å². The van der Waals surface area contributed by atoms with Crippen LogP contribution in [0.1, 0.15) is 0 Å². The molecule has 0 aliphatic heterocycles. The van der Waals surface area contributed by atoms with Gasteiger partial charge in [0.15, 0.2) is 0 Å². The minimum atomic E-state index is -1.34. The largest absolute Gasteiger partial charge is 0.432 e. The van der Waals surface area contributed by atoms with Gasteiger partial charge in [0.05, 0.1) is 6.54 Å². The van der Waals surface area contributed by atoms with Gasteiger partial charge in [0, 0.05) is 0 Å². The lowest BCUT2D eigenvalue weighted by Crippen LogP contribution is -2.21. The summed E-state index contributed by atoms with van der Waals surface area (Å²) in [5, 5.41) is 16.2. The second kappa shape index (κ2) is 4.30. The average Bonchev–Trinajstić information content (AvgIpc) is 1.99. The van der Waals surface area contributed by atoms with Crippen molar-refractivity contribution in [1.29, 1.82) is 10.5 Å². The highest BCUT2D eigenvalue weighted by atomic mass is 16.5. The fourth-order valence-corrected chi connectivity index (χ4v) is 0.261. The normalized spacial score (nSPS) is 8.00. The highest BCUT2D eigenvalue weighted by Gasteiger charge is 2.09. The number of esters is 1. The molecule has 0 rings (SSSR count). The maximum absolute atomic E-state index is 10.3. The molecule has 10 heavy (non-hydrogen) atoms. The van der Waals surface area contributed by atoms with E-state index >= 15 is 0 Å². The van der Waals surface area contributed by atoms with Crippen LogP contribution in [0.5, 0.6) is 0 Å². The van der Waals surface area contributed by atoms with Crippen LogP contribution in [0.15, 0.2) is 0 Å². The molecule has 0 unspecified atom stereocenters. The van der Waals surface area contributed by atoms with Gasteiger partial charge in [-0.15, -0.1) is 0 Å². The SMILES string of the molecule is N#CC(C#N)OC(=O)CN. The number of carbonyl (C=O) groups excluding carboxylic acids is 1. The molecule has 0 aromatic heterocycles. The molecular weight excluding hydrogens is 134 g/mol. The average molecular weight is 139 g/mol. The summed E-state index contributed by atoms with van der Waals surface area (Å²) in [5.41, 5.74) is 4.84. The molecule has 5 heteroatoms. The van der Waals surface area contributed by atoms with E-state index in [0.717, 1.165) is 0 Å². The molecule has 5 nitrogen and oxygen atoms in total. The maximum Gasteiger partial charge on any atom is 0.321 e. The van der Waals surface area contributed by atoms with Gasteiger partial charge in [-0.2, -0.15) is 10.5 Å². The van der Waals surface area contributed by atoms with Crippen LogP contribution in [0.4, 0.5) is 0 Å². The van der Waals surface area contributed by atoms with E-state index in [0.29, 0.717) is 0 Å². The van der Waals surface area contributed by atoms with Crippen LogP contribution in [0.25, 0.3) is 0 Å². The van der Waals surface area contributed by atoms with Crippen LogP contribution in [0, 0.1) is 22.7 Å². The van der Waals surface area contributed by atoms with E-state index in [1.165, 1.54) is 12.1 Å². The van der Waals surface area contributed by atoms with Crippen molar-refractivity contribution in [2.45, 2.75) is 6.10 Å². The Bertz CT molecular complexity index is 186. The van der Waals surface area contributed by atoms with E-state index in [9.17, 15) is 4.79 Å². The predicted octanol–water partition coefficient (Wildman–Crippen LogP) is -1.10. The van der Waals surface area contributed by atoms with E-state index in [1.807, 2.05) is 0 Å². The van der Waals surface area contributed by atoms with Crippen LogP contribution in [0.2, 0.25) is 0 Å². The van der Waals surface area contributed by atoms with Gasteiger partial charge < -0.3 is 10.5 Å². The first kappa shape index (κ1) is 8.41. The second-order valence-corrected chi connectivity index (χ2v) is 1.33. The zero-order valence-electron chi connectivity index (χ0n) is 5.07. The number of nitriles is 2. The molecule has 0 aliphatic carbocycles. The molecule has 0 radical (unpaired) electrons. The van der Waals surface area contributed by atoms with Crippen LogP contribution in [-0.2, 0) is 9.53 Å². The quantitative estimate of drug-likeness (QED) is 0.489. The molecule has 2 N–H and O–H groups in total. The first-order chi connectivity index (χ1) is 4.74. The first-order valence-corrected chi connectivity index (χ1v) is 2.43. The molecule has 0 heterocycles. The van der Waals surface area contributed by atoms with Gasteiger partial charge in [0.2, 0.25) is 0 Å². The van der Waals surface area contributed by atoms with Gasteiger partial charge >= 0.3 is 5.97 Å². The lowest BCUT2D eigenvalue weighted by molar-refractivity contribution is -0.142. The molecular formula is C5H5N3O2. The Kier molecular flexibility index (Phi) is 3.62. The summed E-state index contributed by atoms with van der Waals surface area (Å²) < 4.78 is 4.21. The van der Waals surface area contributed by atoms with E-state index in [1.54, 1.807) is 0 Å². The first-order valence-electron chi connectivity index (χ1n) is 2.43. The summed E-state index contributed by atoms with van der Waals surface area (Å²) in [6.45, 7) is -0.320. The zero-order chi connectivity index (χ0) is 7.98. The van der Waals surface area contributed by atoms with Gasteiger partial charge in [0.1, 0.15) is 12.1 Å². The minimum absolute atomic E-state index is 0.320. The van der Waals surface area contributed by atoms with Crippen LogP contribution in [-0.4, -0.2) is 18.6 Å². The van der Waals surface area contributed by atoms with Crippen LogP contribution >= 0.6 is 0 Å². The van der Waals surface area contributed by atoms with E-state index in [-0.39, 0.29) is 6.54 Å². The van der Waals surface area contributed by atoms with Crippen molar-refractivity contribution in [3.8, 4) is 12.1 Å². The van der Waals surface area contributed by atoms with Gasteiger partial charge in [0.25, 0.3) is 6.10 Å². The van der Waals surface area contributed by atoms with Crippen molar-refractivity contribution >= 4 is 5.97 Å². The molecule has 52 valence electrons. The predicted molar refractivity (Wildman–Crippen MR) is 30.2 cm³/mol. The Morgan fingerprint density at radius 3 is 2.40 bits per heavy atom. The fourth-order valence-electron chi connectivity index (χ4n) is 0.261. The molecule has 0 amide bonds. The maximum atomic E-state index is 10.3. The van der Waals surface area contributed by atoms with Gasteiger partial charge in [-0.25, -0.2) is 0 Å². The standard InChI is InChI=1S/C5H5N3O2/c6-1-4(2-7)10-5(9)3-8/h4H,3,8H2. The number of hydrogen-bond donors (Lipinski definition) is 1. The van der Waals surface area contributed by atoms with Gasteiger partial charge in [-0.1, -0.05) is 0 Å². The van der Waals surface area contributed by atoms with E-state index in [4.69, 9.17) is 16.3 Å². The number of ether oxygens (including phenoxy) is 1. The fraction of sp³-hybridized carbons (Fsp3) is 0.400. The van der Waals surface area contributed by atoms with Crippen LogP contribution in [0.3, 0.4) is 0 Å². The molecule has 0 spiro atoms. The molecule has 0 saturated carbocycles. The molecule has 0 atom stereocenters. The number of nitrogens with two attached hydrogens (primary N) is 1. The van der Waals surface area contributed by atoms with E-state index < -0.39 is 12.1 Å². The summed E-state index contributed by atoms with van der Waals surface area (Å²) in [4.78, 5) is 10.3.